The van der Waals surface area contributed by atoms with Crippen molar-refractivity contribution >= 4 is 40.3 Å². The highest BCUT2D eigenvalue weighted by Crippen LogP contribution is 2.26. The Labute approximate surface area is 272 Å². The molecule has 1 aromatic rings. The maximum absolute atomic E-state index is 14.0. The summed E-state index contributed by atoms with van der Waals surface area (Å²) < 4.78 is 52.6. The normalized spacial score (nSPS) is 18.5. The molecule has 1 aliphatic heterocycles. The van der Waals surface area contributed by atoms with Crippen LogP contribution in [0.1, 0.15) is 74.7 Å². The molecule has 1 aromatic carbocycles. The van der Waals surface area contributed by atoms with Gasteiger partial charge < -0.3 is 15.5 Å². The molecule has 1 aliphatic rings. The lowest BCUT2D eigenvalue weighted by Gasteiger charge is -2.41. The minimum absolute atomic E-state index is 0.0941. The number of carbonyl (C=O) groups is 4. The van der Waals surface area contributed by atoms with Gasteiger partial charge >= 0.3 is 12.1 Å². The molecule has 1 heterocycles. The molecule has 0 aromatic heterocycles. The predicted molar refractivity (Wildman–Crippen MR) is 172 cm³/mol. The third-order valence-electron chi connectivity index (χ3n) is 7.94. The maximum atomic E-state index is 14.0. The van der Waals surface area contributed by atoms with Gasteiger partial charge in [0.05, 0.1) is 17.0 Å². The van der Waals surface area contributed by atoms with E-state index in [1.165, 1.54) is 24.0 Å². The Bertz CT molecular complexity index is 1310. The lowest BCUT2D eigenvalue weighted by Crippen LogP contribution is -2.60. The minimum atomic E-state index is -5.06. The van der Waals surface area contributed by atoms with E-state index >= 15 is 0 Å². The fraction of sp³-hybridized carbons (Fsp3) is 0.625. The standard InChI is InChI=1S/C32H48F3N5O5S/c1-19(2)25(18-21(5)27(41)38-46(45)23-15-13-22(14-16-23)36-30(44)32(33,34)35)39(9)29(43)26(31(6,7)8)37-28(42)24-12-10-11-17-40(24)20(3)4/h13-16,18-20,24-26H,10-12,17H2,1-9H3,(H,36,44)(H,37,42)(H,38,41)/b21-18+/t24-,25-,26-,46?/m1/s1. The molecule has 46 heavy (non-hydrogen) atoms. The SMILES string of the molecule is C/C(=C\[C@H](C(C)C)N(C)C(=O)[C@@H](NC(=O)[C@H]1CCCCN1C(C)C)C(C)(C)C)C(=O)NS(=O)c1ccc(NC(=O)C(F)(F)F)cc1. The number of hydrogen-bond donors (Lipinski definition) is 3. The molecule has 4 atom stereocenters. The van der Waals surface area contributed by atoms with Crippen molar-refractivity contribution in [2.45, 2.75) is 110 Å². The summed E-state index contributed by atoms with van der Waals surface area (Å²) >= 11 is 0. The molecule has 258 valence electrons. The largest absolute Gasteiger partial charge is 0.471 e. The number of halogens is 3. The summed E-state index contributed by atoms with van der Waals surface area (Å²) in [4.78, 5) is 55.4. The first-order chi connectivity index (χ1) is 21.1. The number of nitrogens with one attached hydrogen (secondary N) is 3. The topological polar surface area (TPSA) is 128 Å². The molecular formula is C32H48F3N5O5S. The number of carbonyl (C=O) groups excluding carboxylic acids is 4. The van der Waals surface area contributed by atoms with Gasteiger partial charge in [-0.3, -0.25) is 28.8 Å². The van der Waals surface area contributed by atoms with Gasteiger partial charge in [-0.05, 0) is 75.8 Å². The number of anilines is 1. The Kier molecular flexibility index (Phi) is 13.6. The molecule has 0 bridgehead atoms. The van der Waals surface area contributed by atoms with Crippen LogP contribution in [0, 0.1) is 11.3 Å². The van der Waals surface area contributed by atoms with Crippen molar-refractivity contribution in [1.82, 2.24) is 19.8 Å². The van der Waals surface area contributed by atoms with E-state index in [1.54, 1.807) is 18.4 Å². The van der Waals surface area contributed by atoms with Crippen LogP contribution in [0.25, 0.3) is 0 Å². The zero-order valence-corrected chi connectivity index (χ0v) is 28.9. The number of piperidine rings is 1. The number of likely N-dealkylation sites (tertiary alicyclic amines) is 1. The number of benzene rings is 1. The Hall–Kier alpha value is -3.26. The molecule has 2 rings (SSSR count). The average molecular weight is 672 g/mol. The van der Waals surface area contributed by atoms with E-state index in [-0.39, 0.29) is 46.0 Å². The van der Waals surface area contributed by atoms with Gasteiger partial charge in [-0.25, -0.2) is 4.21 Å². The first kappa shape index (κ1) is 38.9. The number of alkyl halides is 3. The van der Waals surface area contributed by atoms with Gasteiger partial charge in [-0.15, -0.1) is 0 Å². The van der Waals surface area contributed by atoms with Crippen molar-refractivity contribution in [3.05, 3.63) is 35.9 Å². The van der Waals surface area contributed by atoms with Crippen molar-refractivity contribution in [3.8, 4) is 0 Å². The quantitative estimate of drug-likeness (QED) is 0.297. The first-order valence-electron chi connectivity index (χ1n) is 15.4. The fourth-order valence-corrected chi connectivity index (χ4v) is 6.09. The van der Waals surface area contributed by atoms with Crippen LogP contribution >= 0.6 is 0 Å². The van der Waals surface area contributed by atoms with Gasteiger partial charge in [0.15, 0.2) is 11.0 Å². The van der Waals surface area contributed by atoms with Crippen LogP contribution in [0.5, 0.6) is 0 Å². The second kappa shape index (κ2) is 16.0. The van der Waals surface area contributed by atoms with Crippen LogP contribution in [0.3, 0.4) is 0 Å². The van der Waals surface area contributed by atoms with E-state index in [0.717, 1.165) is 37.9 Å². The van der Waals surface area contributed by atoms with Crippen molar-refractivity contribution in [1.29, 1.82) is 0 Å². The first-order valence-corrected chi connectivity index (χ1v) is 16.5. The Morgan fingerprint density at radius 2 is 1.61 bits per heavy atom. The molecule has 0 aliphatic carbocycles. The number of nitrogens with zero attached hydrogens (tertiary/aromatic N) is 2. The van der Waals surface area contributed by atoms with Gasteiger partial charge in [0, 0.05) is 24.4 Å². The van der Waals surface area contributed by atoms with Gasteiger partial charge in [0.25, 0.3) is 5.91 Å². The summed E-state index contributed by atoms with van der Waals surface area (Å²) in [5.41, 5.74) is -0.580. The van der Waals surface area contributed by atoms with E-state index in [2.05, 4.69) is 28.8 Å². The lowest BCUT2D eigenvalue weighted by molar-refractivity contribution is -0.167. The van der Waals surface area contributed by atoms with Crippen LogP contribution in [-0.4, -0.2) is 81.6 Å². The monoisotopic (exact) mass is 671 g/mol. The number of likely N-dealkylation sites (N-methyl/N-ethyl adjacent to an activating group) is 1. The van der Waals surface area contributed by atoms with Crippen LogP contribution in [0.4, 0.5) is 18.9 Å². The van der Waals surface area contributed by atoms with Crippen molar-refractivity contribution < 1.29 is 36.6 Å². The molecule has 10 nitrogen and oxygen atoms in total. The summed E-state index contributed by atoms with van der Waals surface area (Å²) in [6, 6.07) is 3.21. The summed E-state index contributed by atoms with van der Waals surface area (Å²) in [5, 5.41) is 4.73. The third kappa shape index (κ3) is 10.6. The van der Waals surface area contributed by atoms with Gasteiger partial charge in [0.1, 0.15) is 6.04 Å². The molecule has 14 heteroatoms. The molecule has 1 unspecified atom stereocenters. The molecule has 4 amide bonds. The van der Waals surface area contributed by atoms with Crippen molar-refractivity contribution in [2.75, 3.05) is 18.9 Å². The molecule has 1 saturated heterocycles. The smallest absolute Gasteiger partial charge is 0.342 e. The van der Waals surface area contributed by atoms with Crippen molar-refractivity contribution in [2.24, 2.45) is 11.3 Å². The van der Waals surface area contributed by atoms with Crippen LogP contribution in [-0.2, 0) is 30.2 Å². The van der Waals surface area contributed by atoms with E-state index in [9.17, 15) is 36.6 Å². The minimum Gasteiger partial charge on any atom is -0.342 e. The van der Waals surface area contributed by atoms with Gasteiger partial charge in [-0.1, -0.05) is 47.1 Å². The Morgan fingerprint density at radius 3 is 2.11 bits per heavy atom. The van der Waals surface area contributed by atoms with Crippen LogP contribution < -0.4 is 15.4 Å². The molecule has 0 saturated carbocycles. The molecule has 0 spiro atoms. The highest BCUT2D eigenvalue weighted by Gasteiger charge is 2.40. The predicted octanol–water partition coefficient (Wildman–Crippen LogP) is 4.55. The van der Waals surface area contributed by atoms with E-state index in [1.807, 2.05) is 34.6 Å². The lowest BCUT2D eigenvalue weighted by atomic mass is 9.84. The Morgan fingerprint density at radius 1 is 1.02 bits per heavy atom. The number of rotatable bonds is 11. The summed E-state index contributed by atoms with van der Waals surface area (Å²) in [6.07, 6.45) is -0.776. The second-order valence-corrected chi connectivity index (χ2v) is 14.6. The summed E-state index contributed by atoms with van der Waals surface area (Å²) in [5.74, 6) is -3.44. The molecule has 0 radical (unpaired) electrons. The molecule has 1 fully saturated rings. The van der Waals surface area contributed by atoms with E-state index in [0.29, 0.717) is 0 Å². The number of hydrogen-bond acceptors (Lipinski definition) is 6. The molecular weight excluding hydrogens is 623 g/mol. The summed E-state index contributed by atoms with van der Waals surface area (Å²) in [6.45, 7) is 15.9. The van der Waals surface area contributed by atoms with Crippen LogP contribution in [0.2, 0.25) is 0 Å². The second-order valence-electron chi connectivity index (χ2n) is 13.4. The summed E-state index contributed by atoms with van der Waals surface area (Å²) in [7, 11) is -0.437. The zero-order valence-electron chi connectivity index (χ0n) is 28.1. The van der Waals surface area contributed by atoms with Gasteiger partial charge in [0.2, 0.25) is 11.8 Å². The maximum Gasteiger partial charge on any atom is 0.471 e. The number of amides is 4. The zero-order chi connectivity index (χ0) is 35.1. The Balaban J connectivity index is 2.18. The fourth-order valence-electron chi connectivity index (χ4n) is 5.26. The highest BCUT2D eigenvalue weighted by molar-refractivity contribution is 7.83. The van der Waals surface area contributed by atoms with E-state index in [4.69, 9.17) is 0 Å². The molecule has 3 N–H and O–H groups in total. The van der Waals surface area contributed by atoms with E-state index < -0.39 is 46.5 Å². The average Bonchev–Trinajstić information content (AvgIpc) is 2.96. The third-order valence-corrected chi connectivity index (χ3v) is 9.01. The van der Waals surface area contributed by atoms with Crippen molar-refractivity contribution in [3.63, 3.8) is 0 Å². The van der Waals surface area contributed by atoms with Crippen LogP contribution in [0.15, 0.2) is 40.8 Å². The van der Waals surface area contributed by atoms with Gasteiger partial charge in [-0.2, -0.15) is 13.2 Å². The highest BCUT2D eigenvalue weighted by atomic mass is 32.2.